The molecule has 1 atom stereocenters. The van der Waals surface area contributed by atoms with E-state index in [0.717, 1.165) is 12.8 Å². The van der Waals surface area contributed by atoms with E-state index < -0.39 is 0 Å². The minimum Gasteiger partial charge on any atom is -0.459 e. The molecule has 0 bridgehead atoms. The quantitative estimate of drug-likeness (QED) is 0.543. The summed E-state index contributed by atoms with van der Waals surface area (Å²) in [5.41, 5.74) is -0.481. The van der Waals surface area contributed by atoms with E-state index in [9.17, 15) is 4.79 Å². The Morgan fingerprint density at radius 3 is 2.18 bits per heavy atom. The highest BCUT2D eigenvalue weighted by Gasteiger charge is 2.47. The van der Waals surface area contributed by atoms with E-state index in [2.05, 4.69) is 0 Å². The van der Waals surface area contributed by atoms with Crippen LogP contribution in [0.5, 0.6) is 0 Å². The smallest absolute Gasteiger partial charge is 0.312 e. The third-order valence-electron chi connectivity index (χ3n) is 2.46. The van der Waals surface area contributed by atoms with Crippen LogP contribution in [0.3, 0.4) is 0 Å². The molecular weight excluding hydrogens is 140 g/mol. The monoisotopic (exact) mass is 156 g/mol. The van der Waals surface area contributed by atoms with Crippen LogP contribution in [0.25, 0.3) is 0 Å². The summed E-state index contributed by atoms with van der Waals surface area (Å²) in [5, 5.41) is 0. The lowest BCUT2D eigenvalue weighted by atomic mass is 9.81. The molecule has 0 N–H and O–H groups in total. The van der Waals surface area contributed by atoms with E-state index in [0.29, 0.717) is 0 Å². The van der Waals surface area contributed by atoms with Gasteiger partial charge in [0.15, 0.2) is 0 Å². The van der Waals surface area contributed by atoms with Gasteiger partial charge in [0.25, 0.3) is 0 Å². The molecule has 1 saturated heterocycles. The van der Waals surface area contributed by atoms with Crippen LogP contribution < -0.4 is 0 Å². The molecule has 1 rings (SSSR count). The number of esters is 1. The van der Waals surface area contributed by atoms with Gasteiger partial charge in [0.1, 0.15) is 5.60 Å². The maximum Gasteiger partial charge on any atom is 0.312 e. The van der Waals surface area contributed by atoms with Crippen molar-refractivity contribution < 1.29 is 9.53 Å². The van der Waals surface area contributed by atoms with Gasteiger partial charge < -0.3 is 4.74 Å². The van der Waals surface area contributed by atoms with Gasteiger partial charge in [0.2, 0.25) is 0 Å². The first kappa shape index (κ1) is 8.57. The summed E-state index contributed by atoms with van der Waals surface area (Å²) >= 11 is 0. The van der Waals surface area contributed by atoms with Crippen molar-refractivity contribution in [1.82, 2.24) is 0 Å². The molecule has 0 aromatic heterocycles. The second-order valence-corrected chi connectivity index (χ2v) is 4.24. The highest BCUT2D eigenvalue weighted by molar-refractivity contribution is 5.79. The van der Waals surface area contributed by atoms with E-state index >= 15 is 0 Å². The van der Waals surface area contributed by atoms with Gasteiger partial charge in [-0.1, -0.05) is 6.92 Å². The SMILES string of the molecule is CCC1(C)CC(C)(C)OC1=O. The Bertz CT molecular complexity index is 184. The third-order valence-corrected chi connectivity index (χ3v) is 2.46. The fourth-order valence-electron chi connectivity index (χ4n) is 1.69. The van der Waals surface area contributed by atoms with Crippen molar-refractivity contribution in [3.63, 3.8) is 0 Å². The highest BCUT2D eigenvalue weighted by Crippen LogP contribution is 2.41. The van der Waals surface area contributed by atoms with Crippen LogP contribution in [-0.4, -0.2) is 11.6 Å². The molecule has 0 spiro atoms. The first-order chi connectivity index (χ1) is 4.90. The Hall–Kier alpha value is -0.530. The predicted octanol–water partition coefficient (Wildman–Crippen LogP) is 2.13. The Morgan fingerprint density at radius 2 is 2.00 bits per heavy atom. The maximum absolute atomic E-state index is 11.3. The molecule has 2 heteroatoms. The molecule has 64 valence electrons. The molecule has 1 heterocycles. The highest BCUT2D eigenvalue weighted by atomic mass is 16.6. The first-order valence-electron chi connectivity index (χ1n) is 4.13. The van der Waals surface area contributed by atoms with Gasteiger partial charge in [0, 0.05) is 6.42 Å². The van der Waals surface area contributed by atoms with Crippen molar-refractivity contribution in [2.75, 3.05) is 0 Å². The van der Waals surface area contributed by atoms with Crippen LogP contribution in [0.15, 0.2) is 0 Å². The van der Waals surface area contributed by atoms with E-state index in [4.69, 9.17) is 4.74 Å². The molecule has 1 unspecified atom stereocenters. The lowest BCUT2D eigenvalue weighted by Crippen LogP contribution is -2.21. The average Bonchev–Trinajstić information content (AvgIpc) is 2.03. The van der Waals surface area contributed by atoms with Crippen molar-refractivity contribution in [2.24, 2.45) is 5.41 Å². The third kappa shape index (κ3) is 1.39. The van der Waals surface area contributed by atoms with Crippen molar-refractivity contribution in [1.29, 1.82) is 0 Å². The van der Waals surface area contributed by atoms with E-state index in [1.54, 1.807) is 0 Å². The Morgan fingerprint density at radius 1 is 1.45 bits per heavy atom. The Labute approximate surface area is 67.9 Å². The van der Waals surface area contributed by atoms with Crippen molar-refractivity contribution in [2.45, 2.75) is 46.1 Å². The number of cyclic esters (lactones) is 1. The summed E-state index contributed by atoms with van der Waals surface area (Å²) in [5.74, 6) is -0.0370. The van der Waals surface area contributed by atoms with Gasteiger partial charge >= 0.3 is 5.97 Å². The van der Waals surface area contributed by atoms with Crippen LogP contribution in [0, 0.1) is 5.41 Å². The van der Waals surface area contributed by atoms with Crippen LogP contribution in [0.1, 0.15) is 40.5 Å². The van der Waals surface area contributed by atoms with Crippen molar-refractivity contribution >= 4 is 5.97 Å². The van der Waals surface area contributed by atoms with E-state index in [-0.39, 0.29) is 17.0 Å². The van der Waals surface area contributed by atoms with Crippen LogP contribution >= 0.6 is 0 Å². The molecule has 2 nitrogen and oxygen atoms in total. The number of carbonyl (C=O) groups excluding carboxylic acids is 1. The molecule has 1 fully saturated rings. The summed E-state index contributed by atoms with van der Waals surface area (Å²) in [6.45, 7) is 7.93. The van der Waals surface area contributed by atoms with Crippen molar-refractivity contribution in [3.8, 4) is 0 Å². The molecule has 1 aliphatic rings. The van der Waals surface area contributed by atoms with Gasteiger partial charge in [-0.2, -0.15) is 0 Å². The summed E-state index contributed by atoms with van der Waals surface area (Å²) < 4.78 is 5.22. The molecule has 0 amide bonds. The topological polar surface area (TPSA) is 26.3 Å². The van der Waals surface area contributed by atoms with Crippen LogP contribution in [0.2, 0.25) is 0 Å². The summed E-state index contributed by atoms with van der Waals surface area (Å²) in [6.07, 6.45) is 1.71. The van der Waals surface area contributed by atoms with Gasteiger partial charge in [-0.15, -0.1) is 0 Å². The molecular formula is C9H16O2. The fraction of sp³-hybridized carbons (Fsp3) is 0.889. The minimum absolute atomic E-state index is 0.0370. The standard InChI is InChI=1S/C9H16O2/c1-5-9(4)6-8(2,3)11-7(9)10/h5-6H2,1-4H3. The van der Waals surface area contributed by atoms with Gasteiger partial charge in [0.05, 0.1) is 5.41 Å². The van der Waals surface area contributed by atoms with Gasteiger partial charge in [-0.3, -0.25) is 4.79 Å². The second-order valence-electron chi connectivity index (χ2n) is 4.24. The first-order valence-corrected chi connectivity index (χ1v) is 4.13. The average molecular weight is 156 g/mol. The molecule has 0 saturated carbocycles. The molecule has 0 aromatic rings. The second kappa shape index (κ2) is 2.23. The van der Waals surface area contributed by atoms with E-state index in [1.165, 1.54) is 0 Å². The molecule has 0 aliphatic carbocycles. The molecule has 0 radical (unpaired) electrons. The molecule has 0 aromatic carbocycles. The zero-order valence-electron chi connectivity index (χ0n) is 7.73. The van der Waals surface area contributed by atoms with E-state index in [1.807, 2.05) is 27.7 Å². The largest absolute Gasteiger partial charge is 0.459 e. The fourth-order valence-corrected chi connectivity index (χ4v) is 1.69. The number of rotatable bonds is 1. The molecule has 11 heavy (non-hydrogen) atoms. The minimum atomic E-state index is -0.248. The lowest BCUT2D eigenvalue weighted by molar-refractivity contribution is -0.151. The summed E-state index contributed by atoms with van der Waals surface area (Å²) in [4.78, 5) is 11.3. The normalized spacial score (nSPS) is 35.5. The van der Waals surface area contributed by atoms with Crippen molar-refractivity contribution in [3.05, 3.63) is 0 Å². The Kier molecular flexibility index (Phi) is 1.73. The maximum atomic E-state index is 11.3. The summed E-state index contributed by atoms with van der Waals surface area (Å²) in [7, 11) is 0. The van der Waals surface area contributed by atoms with Crippen LogP contribution in [0.4, 0.5) is 0 Å². The van der Waals surface area contributed by atoms with Gasteiger partial charge in [-0.05, 0) is 27.2 Å². The van der Waals surface area contributed by atoms with Crippen LogP contribution in [-0.2, 0) is 9.53 Å². The predicted molar refractivity (Wildman–Crippen MR) is 43.2 cm³/mol. The number of hydrogen-bond acceptors (Lipinski definition) is 2. The number of carbonyl (C=O) groups is 1. The lowest BCUT2D eigenvalue weighted by Gasteiger charge is -2.17. The Balaban J connectivity index is 2.82. The van der Waals surface area contributed by atoms with Gasteiger partial charge in [-0.25, -0.2) is 0 Å². The molecule has 1 aliphatic heterocycles. The number of ether oxygens (including phenoxy) is 1. The number of hydrogen-bond donors (Lipinski definition) is 0. The zero-order valence-corrected chi connectivity index (χ0v) is 7.73. The summed E-state index contributed by atoms with van der Waals surface area (Å²) in [6, 6.07) is 0. The zero-order chi connectivity index (χ0) is 8.70.